The second-order valence-corrected chi connectivity index (χ2v) is 9.82. The number of rotatable bonds is 5. The van der Waals surface area contributed by atoms with Crippen molar-refractivity contribution in [3.63, 3.8) is 0 Å². The van der Waals surface area contributed by atoms with Crippen LogP contribution in [0.25, 0.3) is 10.9 Å². The molecule has 1 N–H and O–H groups in total. The Balaban J connectivity index is 2.01. The van der Waals surface area contributed by atoms with Crippen molar-refractivity contribution in [1.82, 2.24) is 3.97 Å². The standard InChI is InChI=1S/C23H27NO3S/c1-4-8-20(25)19-14-17-11-12-24(28(26,27)18-9-6-5-7-10-18)23(17)22-16(3)13-15(2)21(19)22/h5-7,9-12,14-16,20,25H,4,8,13H2,1-3H3/t15-,16+,20?/m1/s1. The lowest BCUT2D eigenvalue weighted by atomic mass is 9.90. The molecular formula is C23H27NO3S. The number of hydrogen-bond acceptors (Lipinski definition) is 3. The molecule has 5 heteroatoms. The highest BCUT2D eigenvalue weighted by atomic mass is 32.2. The molecule has 3 aromatic rings. The minimum absolute atomic E-state index is 0.251. The highest BCUT2D eigenvalue weighted by molar-refractivity contribution is 7.90. The molecule has 4 nitrogen and oxygen atoms in total. The molecule has 1 aromatic heterocycles. The summed E-state index contributed by atoms with van der Waals surface area (Å²) in [4.78, 5) is 0.287. The predicted molar refractivity (Wildman–Crippen MR) is 112 cm³/mol. The Morgan fingerprint density at radius 1 is 1.11 bits per heavy atom. The third-order valence-electron chi connectivity index (χ3n) is 5.96. The zero-order chi connectivity index (χ0) is 20.1. The van der Waals surface area contributed by atoms with E-state index in [4.69, 9.17) is 0 Å². The third kappa shape index (κ3) is 2.88. The van der Waals surface area contributed by atoms with Gasteiger partial charge in [-0.2, -0.15) is 0 Å². The summed E-state index contributed by atoms with van der Waals surface area (Å²) >= 11 is 0. The van der Waals surface area contributed by atoms with Crippen molar-refractivity contribution in [3.05, 3.63) is 65.4 Å². The molecule has 0 saturated heterocycles. The van der Waals surface area contributed by atoms with E-state index in [2.05, 4.69) is 20.8 Å². The number of hydrogen-bond donors (Lipinski definition) is 1. The lowest BCUT2D eigenvalue weighted by Gasteiger charge is -2.20. The van der Waals surface area contributed by atoms with Crippen LogP contribution in [0, 0.1) is 0 Å². The Kier molecular flexibility index (Phi) is 4.84. The van der Waals surface area contributed by atoms with Crippen LogP contribution in [0.4, 0.5) is 0 Å². The van der Waals surface area contributed by atoms with E-state index in [9.17, 15) is 13.5 Å². The van der Waals surface area contributed by atoms with Crippen molar-refractivity contribution in [2.75, 3.05) is 0 Å². The van der Waals surface area contributed by atoms with Gasteiger partial charge >= 0.3 is 0 Å². The Labute approximate surface area is 166 Å². The van der Waals surface area contributed by atoms with Gasteiger partial charge in [-0.05, 0) is 65.6 Å². The quantitative estimate of drug-likeness (QED) is 0.634. The predicted octanol–water partition coefficient (Wildman–Crippen LogP) is 5.32. The highest BCUT2D eigenvalue weighted by Gasteiger charge is 2.34. The molecule has 1 aliphatic rings. The highest BCUT2D eigenvalue weighted by Crippen LogP contribution is 2.49. The molecule has 1 heterocycles. The van der Waals surface area contributed by atoms with Crippen LogP contribution in [0.5, 0.6) is 0 Å². The zero-order valence-corrected chi connectivity index (χ0v) is 17.4. The van der Waals surface area contributed by atoms with Crippen LogP contribution >= 0.6 is 0 Å². The Morgan fingerprint density at radius 3 is 2.46 bits per heavy atom. The molecule has 0 bridgehead atoms. The number of benzene rings is 2. The van der Waals surface area contributed by atoms with Gasteiger partial charge in [0.25, 0.3) is 10.0 Å². The van der Waals surface area contributed by atoms with Gasteiger partial charge in [0, 0.05) is 11.6 Å². The van der Waals surface area contributed by atoms with Crippen LogP contribution < -0.4 is 0 Å². The summed E-state index contributed by atoms with van der Waals surface area (Å²) in [5.41, 5.74) is 3.96. The van der Waals surface area contributed by atoms with Crippen LogP contribution in [0.15, 0.2) is 53.6 Å². The smallest absolute Gasteiger partial charge is 0.268 e. The van der Waals surface area contributed by atoms with Gasteiger partial charge in [0.15, 0.2) is 0 Å². The fourth-order valence-electron chi connectivity index (χ4n) is 4.77. The SMILES string of the molecule is CCCC(O)c1cc2ccn(S(=O)(=O)c3ccccc3)c2c2c1[C@H](C)C[C@@H]2C. The van der Waals surface area contributed by atoms with Crippen molar-refractivity contribution in [1.29, 1.82) is 0 Å². The lowest BCUT2D eigenvalue weighted by molar-refractivity contribution is 0.165. The zero-order valence-electron chi connectivity index (χ0n) is 16.6. The van der Waals surface area contributed by atoms with Gasteiger partial charge in [-0.1, -0.05) is 45.4 Å². The van der Waals surface area contributed by atoms with E-state index in [0.717, 1.165) is 40.4 Å². The van der Waals surface area contributed by atoms with Crippen LogP contribution in [-0.2, 0) is 10.0 Å². The maximum absolute atomic E-state index is 13.3. The fourth-order valence-corrected chi connectivity index (χ4v) is 6.17. The first-order valence-corrected chi connectivity index (χ1v) is 11.5. The average Bonchev–Trinajstić information content (AvgIpc) is 3.23. The van der Waals surface area contributed by atoms with Gasteiger partial charge in [-0.25, -0.2) is 12.4 Å². The first-order chi connectivity index (χ1) is 13.4. The molecule has 2 aromatic carbocycles. The molecule has 0 radical (unpaired) electrons. The summed E-state index contributed by atoms with van der Waals surface area (Å²) in [7, 11) is -3.67. The lowest BCUT2D eigenvalue weighted by Crippen LogP contribution is -2.13. The summed E-state index contributed by atoms with van der Waals surface area (Å²) in [5.74, 6) is 0.555. The van der Waals surface area contributed by atoms with Crippen molar-refractivity contribution in [3.8, 4) is 0 Å². The molecule has 0 amide bonds. The molecule has 0 aliphatic heterocycles. The molecule has 1 aliphatic carbocycles. The van der Waals surface area contributed by atoms with E-state index in [1.807, 2.05) is 18.2 Å². The molecule has 4 rings (SSSR count). The van der Waals surface area contributed by atoms with Crippen LogP contribution in [0.3, 0.4) is 0 Å². The van der Waals surface area contributed by atoms with Crippen LogP contribution in [0.2, 0.25) is 0 Å². The number of fused-ring (bicyclic) bond motifs is 3. The molecule has 1 unspecified atom stereocenters. The largest absolute Gasteiger partial charge is 0.388 e. The number of aromatic nitrogens is 1. The van der Waals surface area contributed by atoms with Crippen molar-refractivity contribution in [2.45, 2.75) is 62.9 Å². The molecule has 3 atom stereocenters. The summed E-state index contributed by atoms with van der Waals surface area (Å²) in [6, 6.07) is 12.4. The maximum atomic E-state index is 13.3. The number of nitrogens with zero attached hydrogens (tertiary/aromatic N) is 1. The molecule has 0 saturated carbocycles. The van der Waals surface area contributed by atoms with E-state index < -0.39 is 16.1 Å². The van der Waals surface area contributed by atoms with Crippen LogP contribution in [0.1, 0.15) is 74.7 Å². The molecule has 148 valence electrons. The maximum Gasteiger partial charge on any atom is 0.268 e. The topological polar surface area (TPSA) is 59.3 Å². The molecule has 0 fully saturated rings. The Hall–Kier alpha value is -2.11. The molecule has 0 spiro atoms. The monoisotopic (exact) mass is 397 g/mol. The Morgan fingerprint density at radius 2 is 1.79 bits per heavy atom. The van der Waals surface area contributed by atoms with Gasteiger partial charge in [0.1, 0.15) is 0 Å². The summed E-state index contributed by atoms with van der Waals surface area (Å²) in [6.07, 6.45) is 3.73. The molecular weight excluding hydrogens is 370 g/mol. The van der Waals surface area contributed by atoms with E-state index >= 15 is 0 Å². The van der Waals surface area contributed by atoms with E-state index in [-0.39, 0.29) is 10.8 Å². The van der Waals surface area contributed by atoms with E-state index in [0.29, 0.717) is 12.3 Å². The van der Waals surface area contributed by atoms with E-state index in [1.54, 1.807) is 30.5 Å². The minimum Gasteiger partial charge on any atom is -0.388 e. The van der Waals surface area contributed by atoms with Gasteiger partial charge in [-0.3, -0.25) is 0 Å². The first kappa shape index (κ1) is 19.2. The van der Waals surface area contributed by atoms with E-state index in [1.165, 1.54) is 3.97 Å². The average molecular weight is 398 g/mol. The van der Waals surface area contributed by atoms with Crippen molar-refractivity contribution >= 4 is 20.9 Å². The first-order valence-electron chi connectivity index (χ1n) is 10.0. The van der Waals surface area contributed by atoms with Crippen LogP contribution in [-0.4, -0.2) is 17.5 Å². The minimum atomic E-state index is -3.67. The summed E-state index contributed by atoms with van der Waals surface area (Å²) in [5, 5.41) is 11.6. The summed E-state index contributed by atoms with van der Waals surface area (Å²) < 4.78 is 28.1. The van der Waals surface area contributed by atoms with Gasteiger partial charge in [-0.15, -0.1) is 0 Å². The second kappa shape index (κ2) is 7.05. The van der Waals surface area contributed by atoms with Crippen molar-refractivity contribution < 1.29 is 13.5 Å². The summed E-state index contributed by atoms with van der Waals surface area (Å²) in [6.45, 7) is 6.40. The normalized spacial score (nSPS) is 20.4. The third-order valence-corrected chi connectivity index (χ3v) is 7.65. The number of aliphatic hydroxyl groups excluding tert-OH is 1. The van der Waals surface area contributed by atoms with Gasteiger partial charge in [0.05, 0.1) is 16.5 Å². The number of aliphatic hydroxyl groups is 1. The van der Waals surface area contributed by atoms with Gasteiger partial charge < -0.3 is 5.11 Å². The van der Waals surface area contributed by atoms with Gasteiger partial charge in [0.2, 0.25) is 0 Å². The second-order valence-electron chi connectivity index (χ2n) is 8.00. The van der Waals surface area contributed by atoms with Crippen molar-refractivity contribution in [2.24, 2.45) is 0 Å². The fraction of sp³-hybridized carbons (Fsp3) is 0.391. The Bertz CT molecular complexity index is 1120. The molecule has 28 heavy (non-hydrogen) atoms.